The molecule has 8 heteroatoms. The van der Waals surface area contributed by atoms with E-state index in [1.54, 1.807) is 11.3 Å². The first-order valence-corrected chi connectivity index (χ1v) is 16.1. The van der Waals surface area contributed by atoms with Crippen molar-refractivity contribution in [3.05, 3.63) is 125 Å². The van der Waals surface area contributed by atoms with E-state index in [1.807, 2.05) is 54.2 Å². The minimum Gasteiger partial charge on any atom is -0.383 e. The predicted molar refractivity (Wildman–Crippen MR) is 174 cm³/mol. The fourth-order valence-electron chi connectivity index (χ4n) is 5.39. The fraction of sp³-hybridized carbons (Fsp3) is 0.121. The van der Waals surface area contributed by atoms with E-state index < -0.39 is 0 Å². The monoisotopic (exact) mass is 590 g/mol. The van der Waals surface area contributed by atoms with Gasteiger partial charge in [-0.25, -0.2) is 9.97 Å². The summed E-state index contributed by atoms with van der Waals surface area (Å²) in [4.78, 5) is 24.6. The molecule has 3 heterocycles. The van der Waals surface area contributed by atoms with Crippen molar-refractivity contribution < 1.29 is 4.79 Å². The van der Waals surface area contributed by atoms with Gasteiger partial charge in [0, 0.05) is 21.2 Å². The number of aromatic nitrogens is 2. The van der Waals surface area contributed by atoms with Crippen LogP contribution in [-0.2, 0) is 11.2 Å². The van der Waals surface area contributed by atoms with E-state index in [0.29, 0.717) is 16.2 Å². The highest BCUT2D eigenvalue weighted by atomic mass is 32.2. The van der Waals surface area contributed by atoms with Gasteiger partial charge in [0.25, 0.3) is 0 Å². The number of carbonyl (C=O) groups excluding carboxylic acids is 1. The van der Waals surface area contributed by atoms with E-state index in [-0.39, 0.29) is 16.9 Å². The number of nitrogens with one attached hydrogen (secondary N) is 1. The average molecular weight is 591 g/mol. The quantitative estimate of drug-likeness (QED) is 0.150. The fourth-order valence-corrected chi connectivity index (χ4v) is 9.12. The molecule has 7 rings (SSSR count). The molecule has 2 atom stereocenters. The number of nitrogens with zero attached hydrogens (tertiary/aromatic N) is 2. The average Bonchev–Trinajstić information content (AvgIpc) is 3.39. The van der Waals surface area contributed by atoms with Crippen LogP contribution in [0.1, 0.15) is 32.1 Å². The van der Waals surface area contributed by atoms with Gasteiger partial charge in [0.15, 0.2) is 5.16 Å². The summed E-state index contributed by atoms with van der Waals surface area (Å²) in [5, 5.41) is 7.11. The lowest BCUT2D eigenvalue weighted by Crippen LogP contribution is -2.14. The summed E-state index contributed by atoms with van der Waals surface area (Å²) in [7, 11) is 0. The third-order valence-electron chi connectivity index (χ3n) is 7.29. The van der Waals surface area contributed by atoms with Crippen LogP contribution in [0.25, 0.3) is 21.0 Å². The number of anilines is 2. The van der Waals surface area contributed by atoms with E-state index in [0.717, 1.165) is 33.1 Å². The summed E-state index contributed by atoms with van der Waals surface area (Å²) in [6.45, 7) is 0. The van der Waals surface area contributed by atoms with E-state index in [1.165, 1.54) is 33.3 Å². The Morgan fingerprint density at radius 3 is 2.39 bits per heavy atom. The van der Waals surface area contributed by atoms with Gasteiger partial charge in [0.05, 0.1) is 16.4 Å². The van der Waals surface area contributed by atoms with Crippen molar-refractivity contribution in [1.29, 1.82) is 0 Å². The minimum atomic E-state index is -0.106. The Morgan fingerprint density at radius 1 is 0.878 bits per heavy atom. The molecule has 0 unspecified atom stereocenters. The van der Waals surface area contributed by atoms with E-state index in [2.05, 4.69) is 71.0 Å². The van der Waals surface area contributed by atoms with E-state index >= 15 is 0 Å². The molecule has 0 saturated carbocycles. The van der Waals surface area contributed by atoms with Crippen molar-refractivity contribution in [3.8, 4) is 0 Å². The highest BCUT2D eigenvalue weighted by Gasteiger charge is 2.34. The molecule has 2 aromatic heterocycles. The van der Waals surface area contributed by atoms with E-state index in [9.17, 15) is 4.79 Å². The summed E-state index contributed by atoms with van der Waals surface area (Å²) in [5.74, 6) is 0.568. The summed E-state index contributed by atoms with van der Waals surface area (Å²) in [5.41, 5.74) is 11.3. The van der Waals surface area contributed by atoms with Crippen molar-refractivity contribution in [2.24, 2.45) is 0 Å². The van der Waals surface area contributed by atoms with Gasteiger partial charge >= 0.3 is 0 Å². The largest absolute Gasteiger partial charge is 0.383 e. The molecule has 41 heavy (non-hydrogen) atoms. The third kappa shape index (κ3) is 5.19. The third-order valence-corrected chi connectivity index (χ3v) is 11.0. The molecular formula is C33H26N4OS3. The topological polar surface area (TPSA) is 80.9 Å². The molecule has 1 amide bonds. The Morgan fingerprint density at radius 2 is 1.59 bits per heavy atom. The van der Waals surface area contributed by atoms with Crippen molar-refractivity contribution in [2.45, 2.75) is 22.1 Å². The lowest BCUT2D eigenvalue weighted by molar-refractivity contribution is -0.113. The summed E-state index contributed by atoms with van der Waals surface area (Å²) < 4.78 is 0. The van der Waals surface area contributed by atoms with Gasteiger partial charge in [0.1, 0.15) is 10.6 Å². The number of carbonyl (C=O) groups is 1. The van der Waals surface area contributed by atoms with Crippen molar-refractivity contribution in [3.63, 3.8) is 0 Å². The number of rotatable bonds is 6. The van der Waals surface area contributed by atoms with Gasteiger partial charge < -0.3 is 11.1 Å². The summed E-state index contributed by atoms with van der Waals surface area (Å²) >= 11 is 5.00. The van der Waals surface area contributed by atoms with Gasteiger partial charge in [-0.2, -0.15) is 0 Å². The van der Waals surface area contributed by atoms with Crippen LogP contribution in [0.3, 0.4) is 0 Å². The van der Waals surface area contributed by atoms with Crippen LogP contribution in [0.2, 0.25) is 0 Å². The number of nitrogens with two attached hydrogens (primary N) is 1. The van der Waals surface area contributed by atoms with Crippen LogP contribution in [0.15, 0.2) is 108 Å². The van der Waals surface area contributed by atoms with Crippen molar-refractivity contribution >= 4 is 73.3 Å². The predicted octanol–water partition coefficient (Wildman–Crippen LogP) is 8.28. The maximum absolute atomic E-state index is 12.9. The first-order valence-electron chi connectivity index (χ1n) is 13.4. The van der Waals surface area contributed by atoms with Crippen LogP contribution in [0.4, 0.5) is 11.5 Å². The zero-order valence-corrected chi connectivity index (χ0v) is 24.4. The molecule has 6 aromatic rings. The minimum absolute atomic E-state index is 0.106. The summed E-state index contributed by atoms with van der Waals surface area (Å²) in [6, 6.07) is 35.3. The zero-order valence-electron chi connectivity index (χ0n) is 22.0. The van der Waals surface area contributed by atoms with Crippen LogP contribution in [0.5, 0.6) is 0 Å². The molecule has 0 radical (unpaired) electrons. The molecule has 0 fully saturated rings. The molecule has 0 spiro atoms. The van der Waals surface area contributed by atoms with Crippen molar-refractivity contribution in [2.75, 3.05) is 16.8 Å². The Labute approximate surface area is 250 Å². The Kier molecular flexibility index (Phi) is 7.12. The summed E-state index contributed by atoms with van der Waals surface area (Å²) in [6.07, 6.45) is 0.876. The second kappa shape index (κ2) is 11.2. The molecule has 0 saturated heterocycles. The van der Waals surface area contributed by atoms with Crippen LogP contribution >= 0.6 is 34.9 Å². The van der Waals surface area contributed by atoms with Crippen LogP contribution in [-0.4, -0.2) is 21.6 Å². The highest BCUT2D eigenvalue weighted by Crippen LogP contribution is 2.55. The van der Waals surface area contributed by atoms with E-state index in [4.69, 9.17) is 10.7 Å². The molecule has 5 nitrogen and oxygen atoms in total. The van der Waals surface area contributed by atoms with Crippen LogP contribution < -0.4 is 11.1 Å². The number of benzene rings is 4. The number of nitrogen functional groups attached to an aromatic ring is 1. The maximum atomic E-state index is 12.9. The van der Waals surface area contributed by atoms with Gasteiger partial charge in [-0.1, -0.05) is 109 Å². The molecular weight excluding hydrogens is 565 g/mol. The lowest BCUT2D eigenvalue weighted by Gasteiger charge is -2.30. The standard InChI is InChI=1S/C33H26N4OS3/c34-31-28-24-18-26(21-11-3-1-4-12-21)40-29(22-13-5-2-6-14-22)30(24)41-32(28)37-33(36-31)39-19-27(38)35-25-17-9-15-20-10-7-8-16-23(20)25/h1-17,26,29H,18-19H2,(H,35,38)(H2,34,36,37)/t26-,29+/m1/s1. The Bertz CT molecular complexity index is 1870. The molecule has 1 aliphatic rings. The number of thioether (sulfide) groups is 2. The first kappa shape index (κ1) is 26.1. The lowest BCUT2D eigenvalue weighted by atomic mass is 9.98. The zero-order chi connectivity index (χ0) is 27.8. The molecule has 202 valence electrons. The normalized spacial score (nSPS) is 16.5. The highest BCUT2D eigenvalue weighted by molar-refractivity contribution is 8.00. The second-order valence-electron chi connectivity index (χ2n) is 9.91. The van der Waals surface area contributed by atoms with Crippen LogP contribution in [0, 0.1) is 0 Å². The number of hydrogen-bond donors (Lipinski definition) is 2. The van der Waals surface area contributed by atoms with Gasteiger partial charge in [-0.05, 0) is 34.6 Å². The molecule has 3 N–H and O–H groups in total. The smallest absolute Gasteiger partial charge is 0.234 e. The SMILES string of the molecule is Nc1nc(SCC(=O)Nc2cccc3ccccc23)nc2sc3c(c12)C[C@H](c1ccccc1)S[C@H]3c1ccccc1. The Hall–Kier alpha value is -3.85. The second-order valence-corrected chi connectivity index (χ2v) is 13.2. The molecule has 4 aromatic carbocycles. The number of amides is 1. The number of fused-ring (bicyclic) bond motifs is 4. The molecule has 0 bridgehead atoms. The molecule has 0 aliphatic carbocycles. The van der Waals surface area contributed by atoms with Gasteiger partial charge in [0.2, 0.25) is 5.91 Å². The molecule has 1 aliphatic heterocycles. The Balaban J connectivity index is 1.17. The maximum Gasteiger partial charge on any atom is 0.234 e. The van der Waals surface area contributed by atoms with Crippen molar-refractivity contribution in [1.82, 2.24) is 9.97 Å². The van der Waals surface area contributed by atoms with Gasteiger partial charge in [-0.15, -0.1) is 23.1 Å². The first-order chi connectivity index (χ1) is 20.1. The number of thiophene rings is 1. The number of hydrogen-bond acceptors (Lipinski definition) is 7. The van der Waals surface area contributed by atoms with Gasteiger partial charge in [-0.3, -0.25) is 4.79 Å².